The first-order chi connectivity index (χ1) is 10.2. The third kappa shape index (κ3) is 1.59. The third-order valence-electron chi connectivity index (χ3n) is 4.47. The van der Waals surface area contributed by atoms with Crippen LogP contribution >= 0.6 is 0 Å². The van der Waals surface area contributed by atoms with Gasteiger partial charge in [0, 0.05) is 23.6 Å². The lowest BCUT2D eigenvalue weighted by Gasteiger charge is -2.37. The van der Waals surface area contributed by atoms with Gasteiger partial charge in [0.2, 0.25) is 0 Å². The van der Waals surface area contributed by atoms with E-state index in [1.807, 2.05) is 30.5 Å². The number of hydrogen-bond donors (Lipinski definition) is 2. The zero-order chi connectivity index (χ0) is 14.6. The molecule has 2 heterocycles. The van der Waals surface area contributed by atoms with E-state index in [-0.39, 0.29) is 12.6 Å². The Morgan fingerprint density at radius 1 is 1.48 bits per heavy atom. The van der Waals surface area contributed by atoms with E-state index in [4.69, 9.17) is 0 Å². The first-order valence-electron chi connectivity index (χ1n) is 6.89. The molecule has 4 rings (SSSR count). The van der Waals surface area contributed by atoms with Crippen LogP contribution in [0.5, 0.6) is 0 Å². The number of H-pyrrole nitrogens is 1. The average Bonchev–Trinajstić information content (AvgIpc) is 2.91. The maximum Gasteiger partial charge on any atom is 0.312 e. The molecule has 104 valence electrons. The minimum atomic E-state index is -0.881. The molecule has 0 saturated carbocycles. The molecule has 0 saturated heterocycles. The molecule has 0 radical (unpaired) electrons. The lowest BCUT2D eigenvalue weighted by atomic mass is 9.80. The van der Waals surface area contributed by atoms with E-state index in [9.17, 15) is 15.2 Å². The second kappa shape index (κ2) is 4.13. The monoisotopic (exact) mass is 279 g/mol. The van der Waals surface area contributed by atoms with E-state index >= 15 is 0 Å². The van der Waals surface area contributed by atoms with Gasteiger partial charge in [-0.1, -0.05) is 18.2 Å². The molecule has 2 aromatic rings. The van der Waals surface area contributed by atoms with Crippen LogP contribution in [0, 0.1) is 17.4 Å². The summed E-state index contributed by atoms with van der Waals surface area (Å²) in [7, 11) is 0. The predicted octanol–water partition coefficient (Wildman–Crippen LogP) is 1.97. The molecule has 5 heteroatoms. The topological polar surface area (TPSA) is 80.1 Å². The molecule has 1 aliphatic carbocycles. The molecule has 0 spiro atoms. The van der Waals surface area contributed by atoms with Gasteiger partial charge in [-0.25, -0.2) is 0 Å². The Morgan fingerprint density at radius 2 is 2.33 bits per heavy atom. The molecular formula is C16H13N3O2. The molecule has 2 aliphatic rings. The number of benzene rings is 1. The number of hydrogen-bond acceptors (Lipinski definition) is 3. The van der Waals surface area contributed by atoms with Crippen molar-refractivity contribution in [3.8, 4) is 6.19 Å². The molecular weight excluding hydrogens is 266 g/mol. The maximum absolute atomic E-state index is 11.3. The van der Waals surface area contributed by atoms with Gasteiger partial charge >= 0.3 is 5.97 Å². The Bertz CT molecular complexity index is 828. The zero-order valence-corrected chi connectivity index (χ0v) is 11.2. The van der Waals surface area contributed by atoms with Crippen LogP contribution in [0.1, 0.15) is 11.1 Å². The van der Waals surface area contributed by atoms with Gasteiger partial charge in [0.1, 0.15) is 0 Å². The van der Waals surface area contributed by atoms with Crippen molar-refractivity contribution in [1.29, 1.82) is 5.26 Å². The molecule has 2 atom stereocenters. The van der Waals surface area contributed by atoms with Crippen LogP contribution in [0.3, 0.4) is 0 Å². The number of carboxylic acids is 1. The quantitative estimate of drug-likeness (QED) is 0.782. The number of aromatic amines is 1. The Balaban J connectivity index is 1.96. The minimum absolute atomic E-state index is 0.0560. The highest BCUT2D eigenvalue weighted by Gasteiger charge is 2.36. The van der Waals surface area contributed by atoms with E-state index in [0.29, 0.717) is 0 Å². The molecule has 0 amide bonds. The summed E-state index contributed by atoms with van der Waals surface area (Å²) in [4.78, 5) is 16.2. The highest BCUT2D eigenvalue weighted by Crippen LogP contribution is 2.40. The van der Waals surface area contributed by atoms with Crippen LogP contribution in [0.15, 0.2) is 30.5 Å². The van der Waals surface area contributed by atoms with Crippen LogP contribution in [-0.4, -0.2) is 33.5 Å². The molecule has 5 nitrogen and oxygen atoms in total. The van der Waals surface area contributed by atoms with Gasteiger partial charge in [0.15, 0.2) is 6.19 Å². The molecule has 1 aliphatic heterocycles. The molecule has 0 fully saturated rings. The molecule has 21 heavy (non-hydrogen) atoms. The van der Waals surface area contributed by atoms with Crippen LogP contribution in [0.25, 0.3) is 16.5 Å². The average molecular weight is 279 g/mol. The SMILES string of the molecule is N#CN1C[C@H](C(=O)O)C=C2c3cccc4[nH]cc(c34)C[C@H]21. The fraction of sp³-hybridized carbons (Fsp3) is 0.250. The van der Waals surface area contributed by atoms with Crippen molar-refractivity contribution < 1.29 is 9.90 Å². The lowest BCUT2D eigenvalue weighted by molar-refractivity contribution is -0.140. The fourth-order valence-electron chi connectivity index (χ4n) is 3.50. The molecule has 0 bridgehead atoms. The summed E-state index contributed by atoms with van der Waals surface area (Å²) in [6, 6.07) is 5.93. The van der Waals surface area contributed by atoms with Crippen molar-refractivity contribution in [2.24, 2.45) is 5.92 Å². The number of rotatable bonds is 1. The Morgan fingerprint density at radius 3 is 3.10 bits per heavy atom. The van der Waals surface area contributed by atoms with E-state index in [1.54, 1.807) is 4.90 Å². The van der Waals surface area contributed by atoms with Crippen molar-refractivity contribution >= 4 is 22.4 Å². The summed E-state index contributed by atoms with van der Waals surface area (Å²) in [5.74, 6) is -1.51. The van der Waals surface area contributed by atoms with Crippen LogP contribution in [0.4, 0.5) is 0 Å². The largest absolute Gasteiger partial charge is 0.481 e. The first-order valence-corrected chi connectivity index (χ1v) is 6.89. The Kier molecular flexibility index (Phi) is 2.36. The van der Waals surface area contributed by atoms with Gasteiger partial charge < -0.3 is 15.0 Å². The third-order valence-corrected chi connectivity index (χ3v) is 4.47. The number of aromatic nitrogens is 1. The number of nitriles is 1. The van der Waals surface area contributed by atoms with Crippen molar-refractivity contribution in [3.05, 3.63) is 41.6 Å². The van der Waals surface area contributed by atoms with Crippen LogP contribution in [-0.2, 0) is 11.2 Å². The van der Waals surface area contributed by atoms with Crippen molar-refractivity contribution in [2.45, 2.75) is 12.5 Å². The molecule has 2 N–H and O–H groups in total. The van der Waals surface area contributed by atoms with E-state index < -0.39 is 11.9 Å². The highest BCUT2D eigenvalue weighted by molar-refractivity contribution is 5.99. The summed E-state index contributed by atoms with van der Waals surface area (Å²) in [5, 5.41) is 19.8. The summed E-state index contributed by atoms with van der Waals surface area (Å²) in [5.41, 5.74) is 4.26. The van der Waals surface area contributed by atoms with Crippen LogP contribution in [0.2, 0.25) is 0 Å². The fourth-order valence-corrected chi connectivity index (χ4v) is 3.50. The van der Waals surface area contributed by atoms with Crippen molar-refractivity contribution in [3.63, 3.8) is 0 Å². The maximum atomic E-state index is 11.3. The zero-order valence-electron chi connectivity index (χ0n) is 11.2. The van der Waals surface area contributed by atoms with Crippen molar-refractivity contribution in [2.75, 3.05) is 6.54 Å². The number of carbonyl (C=O) groups is 1. The Labute approximate surface area is 121 Å². The van der Waals surface area contributed by atoms with Crippen LogP contribution < -0.4 is 0 Å². The number of aliphatic carboxylic acids is 1. The second-order valence-electron chi connectivity index (χ2n) is 5.58. The van der Waals surface area contributed by atoms with Gasteiger partial charge in [-0.15, -0.1) is 0 Å². The van der Waals surface area contributed by atoms with E-state index in [2.05, 4.69) is 11.2 Å². The molecule has 0 unspecified atom stereocenters. The van der Waals surface area contributed by atoms with E-state index in [1.165, 1.54) is 5.56 Å². The normalized spacial score (nSPS) is 23.4. The highest BCUT2D eigenvalue weighted by atomic mass is 16.4. The summed E-state index contributed by atoms with van der Waals surface area (Å²) in [6.45, 7) is 0.246. The van der Waals surface area contributed by atoms with Gasteiger partial charge in [0.05, 0.1) is 12.0 Å². The van der Waals surface area contributed by atoms with E-state index in [0.717, 1.165) is 28.5 Å². The standard InChI is InChI=1S/C16H13N3O2/c17-8-19-7-10(16(20)21)4-12-11-2-1-3-13-15(11)9(6-18-13)5-14(12)19/h1-4,6,10,14,18H,5,7H2,(H,20,21)/t10-,14-/m1/s1. The summed E-state index contributed by atoms with van der Waals surface area (Å²) < 4.78 is 0. The number of nitrogens with one attached hydrogen (secondary N) is 1. The van der Waals surface area contributed by atoms with Gasteiger partial charge in [-0.05, 0) is 29.2 Å². The molecule has 1 aromatic carbocycles. The van der Waals surface area contributed by atoms with Gasteiger partial charge in [-0.3, -0.25) is 4.79 Å². The minimum Gasteiger partial charge on any atom is -0.481 e. The summed E-state index contributed by atoms with van der Waals surface area (Å²) in [6.07, 6.45) is 6.72. The predicted molar refractivity (Wildman–Crippen MR) is 77.2 cm³/mol. The number of fused-ring (bicyclic) bond motifs is 2. The number of nitrogens with zero attached hydrogens (tertiary/aromatic N) is 2. The number of carboxylic acid groups (broad SMARTS) is 1. The Hall–Kier alpha value is -2.74. The second-order valence-corrected chi connectivity index (χ2v) is 5.58. The lowest BCUT2D eigenvalue weighted by Crippen LogP contribution is -2.43. The summed E-state index contributed by atoms with van der Waals surface area (Å²) >= 11 is 0. The van der Waals surface area contributed by atoms with Gasteiger partial charge in [0.25, 0.3) is 0 Å². The first kappa shape index (κ1) is 12.0. The molecule has 1 aromatic heterocycles. The van der Waals surface area contributed by atoms with Crippen molar-refractivity contribution in [1.82, 2.24) is 9.88 Å². The van der Waals surface area contributed by atoms with Gasteiger partial charge in [-0.2, -0.15) is 5.26 Å². The smallest absolute Gasteiger partial charge is 0.312 e.